The summed E-state index contributed by atoms with van der Waals surface area (Å²) in [5, 5.41) is 3.55. The molecule has 86 valence electrons. The Bertz CT molecular complexity index is 228. The van der Waals surface area contributed by atoms with E-state index in [9.17, 15) is 0 Å². The van der Waals surface area contributed by atoms with Crippen LogP contribution < -0.4 is 5.32 Å². The highest BCUT2D eigenvalue weighted by Gasteiger charge is 2.30. The molecule has 0 saturated carbocycles. The van der Waals surface area contributed by atoms with Gasteiger partial charge in [0.1, 0.15) is 0 Å². The van der Waals surface area contributed by atoms with Crippen LogP contribution in [-0.4, -0.2) is 25.3 Å². The van der Waals surface area contributed by atoms with E-state index in [4.69, 9.17) is 4.74 Å². The van der Waals surface area contributed by atoms with Crippen molar-refractivity contribution in [3.63, 3.8) is 0 Å². The van der Waals surface area contributed by atoms with Crippen molar-refractivity contribution in [1.29, 1.82) is 0 Å². The third-order valence-electron chi connectivity index (χ3n) is 3.00. The molecule has 0 spiro atoms. The average molecular weight is 209 g/mol. The lowest BCUT2D eigenvalue weighted by molar-refractivity contribution is 0.0624. The zero-order chi connectivity index (χ0) is 11.1. The van der Waals surface area contributed by atoms with Gasteiger partial charge in [-0.05, 0) is 32.2 Å². The summed E-state index contributed by atoms with van der Waals surface area (Å²) in [4.78, 5) is 0. The SMILES string of the molecule is CC#CCC(NCCC)C1OCCC1C. The van der Waals surface area contributed by atoms with Crippen molar-refractivity contribution in [3.05, 3.63) is 0 Å². The highest BCUT2D eigenvalue weighted by atomic mass is 16.5. The van der Waals surface area contributed by atoms with Crippen LogP contribution in [0.2, 0.25) is 0 Å². The number of hydrogen-bond donors (Lipinski definition) is 1. The van der Waals surface area contributed by atoms with Gasteiger partial charge in [0.15, 0.2) is 0 Å². The van der Waals surface area contributed by atoms with Crippen molar-refractivity contribution in [3.8, 4) is 11.8 Å². The zero-order valence-corrected chi connectivity index (χ0v) is 10.2. The molecular weight excluding hydrogens is 186 g/mol. The lowest BCUT2D eigenvalue weighted by atomic mass is 9.95. The van der Waals surface area contributed by atoms with Crippen LogP contribution in [0.4, 0.5) is 0 Å². The van der Waals surface area contributed by atoms with Gasteiger partial charge in [-0.2, -0.15) is 0 Å². The van der Waals surface area contributed by atoms with Gasteiger partial charge in [0, 0.05) is 19.1 Å². The molecule has 1 saturated heterocycles. The fourth-order valence-corrected chi connectivity index (χ4v) is 2.08. The molecule has 0 radical (unpaired) electrons. The Hall–Kier alpha value is -0.520. The van der Waals surface area contributed by atoms with Crippen molar-refractivity contribution in [1.82, 2.24) is 5.32 Å². The van der Waals surface area contributed by atoms with Crippen molar-refractivity contribution in [2.24, 2.45) is 5.92 Å². The first-order chi connectivity index (χ1) is 7.29. The van der Waals surface area contributed by atoms with Crippen LogP contribution in [0.3, 0.4) is 0 Å². The molecule has 0 aliphatic carbocycles. The van der Waals surface area contributed by atoms with Gasteiger partial charge in [0.05, 0.1) is 6.10 Å². The van der Waals surface area contributed by atoms with Crippen LogP contribution in [0.25, 0.3) is 0 Å². The summed E-state index contributed by atoms with van der Waals surface area (Å²) >= 11 is 0. The van der Waals surface area contributed by atoms with Crippen LogP contribution in [0.15, 0.2) is 0 Å². The Morgan fingerprint density at radius 1 is 1.53 bits per heavy atom. The molecule has 15 heavy (non-hydrogen) atoms. The minimum atomic E-state index is 0.359. The van der Waals surface area contributed by atoms with Gasteiger partial charge in [0.2, 0.25) is 0 Å². The predicted octanol–water partition coefficient (Wildman–Crippen LogP) is 2.19. The fraction of sp³-hybridized carbons (Fsp3) is 0.846. The molecule has 0 aromatic carbocycles. The highest BCUT2D eigenvalue weighted by Crippen LogP contribution is 2.24. The van der Waals surface area contributed by atoms with Gasteiger partial charge < -0.3 is 10.1 Å². The van der Waals surface area contributed by atoms with Gasteiger partial charge >= 0.3 is 0 Å². The monoisotopic (exact) mass is 209 g/mol. The molecule has 1 rings (SSSR count). The van der Waals surface area contributed by atoms with Crippen LogP contribution in [0, 0.1) is 17.8 Å². The van der Waals surface area contributed by atoms with Gasteiger partial charge in [-0.1, -0.05) is 13.8 Å². The maximum atomic E-state index is 5.79. The lowest BCUT2D eigenvalue weighted by Gasteiger charge is -2.25. The molecule has 1 N–H and O–H groups in total. The van der Waals surface area contributed by atoms with E-state index in [1.54, 1.807) is 0 Å². The largest absolute Gasteiger partial charge is 0.376 e. The molecular formula is C13H23NO. The molecule has 0 aromatic heterocycles. The smallest absolute Gasteiger partial charge is 0.0763 e. The fourth-order valence-electron chi connectivity index (χ4n) is 2.08. The first-order valence-corrected chi connectivity index (χ1v) is 6.04. The van der Waals surface area contributed by atoms with Gasteiger partial charge in [-0.3, -0.25) is 0 Å². The second-order valence-corrected chi connectivity index (χ2v) is 4.29. The summed E-state index contributed by atoms with van der Waals surface area (Å²) in [6.07, 6.45) is 3.62. The van der Waals surface area contributed by atoms with Crippen LogP contribution in [-0.2, 0) is 4.74 Å². The molecule has 3 atom stereocenters. The van der Waals surface area contributed by atoms with Gasteiger partial charge in [-0.25, -0.2) is 0 Å². The molecule has 1 heterocycles. The topological polar surface area (TPSA) is 21.3 Å². The summed E-state index contributed by atoms with van der Waals surface area (Å²) in [6, 6.07) is 0.412. The molecule has 0 amide bonds. The Labute approximate surface area is 93.8 Å². The molecule has 3 unspecified atom stereocenters. The van der Waals surface area contributed by atoms with E-state index in [0.717, 1.165) is 26.0 Å². The molecule has 1 aliphatic heterocycles. The maximum absolute atomic E-state index is 5.79. The summed E-state index contributed by atoms with van der Waals surface area (Å²) in [6.45, 7) is 8.33. The highest BCUT2D eigenvalue weighted by molar-refractivity contribution is 5.01. The molecule has 1 aliphatic rings. The van der Waals surface area contributed by atoms with E-state index in [1.807, 2.05) is 6.92 Å². The minimum Gasteiger partial charge on any atom is -0.376 e. The van der Waals surface area contributed by atoms with E-state index in [1.165, 1.54) is 6.42 Å². The second kappa shape index (κ2) is 6.87. The second-order valence-electron chi connectivity index (χ2n) is 4.29. The van der Waals surface area contributed by atoms with Crippen molar-refractivity contribution >= 4 is 0 Å². The summed E-state index contributed by atoms with van der Waals surface area (Å²) in [5.74, 6) is 6.79. The Morgan fingerprint density at radius 3 is 2.87 bits per heavy atom. The van der Waals surface area contributed by atoms with Crippen LogP contribution in [0.1, 0.15) is 40.0 Å². The van der Waals surface area contributed by atoms with Crippen molar-refractivity contribution in [2.45, 2.75) is 52.2 Å². The standard InChI is InChI=1S/C13H23NO/c1-4-6-7-12(14-9-5-2)13-11(3)8-10-15-13/h11-14H,5,7-10H2,1-3H3. The summed E-state index contributed by atoms with van der Waals surface area (Å²) in [5.41, 5.74) is 0. The third kappa shape index (κ3) is 3.85. The number of rotatable bonds is 5. The van der Waals surface area contributed by atoms with Crippen molar-refractivity contribution in [2.75, 3.05) is 13.2 Å². The van der Waals surface area contributed by atoms with E-state index in [-0.39, 0.29) is 0 Å². The number of hydrogen-bond acceptors (Lipinski definition) is 2. The number of nitrogens with one attached hydrogen (secondary N) is 1. The summed E-state index contributed by atoms with van der Waals surface area (Å²) in [7, 11) is 0. The molecule has 0 aromatic rings. The average Bonchev–Trinajstić information content (AvgIpc) is 2.65. The summed E-state index contributed by atoms with van der Waals surface area (Å²) < 4.78 is 5.79. The molecule has 0 bridgehead atoms. The molecule has 2 heteroatoms. The van der Waals surface area contributed by atoms with E-state index in [2.05, 4.69) is 31.0 Å². The van der Waals surface area contributed by atoms with Crippen molar-refractivity contribution < 1.29 is 4.74 Å². The normalized spacial score (nSPS) is 27.1. The van der Waals surface area contributed by atoms with Gasteiger partial charge in [0.25, 0.3) is 0 Å². The minimum absolute atomic E-state index is 0.359. The Morgan fingerprint density at radius 2 is 2.33 bits per heavy atom. The van der Waals surface area contributed by atoms with E-state index < -0.39 is 0 Å². The third-order valence-corrected chi connectivity index (χ3v) is 3.00. The molecule has 1 fully saturated rings. The lowest BCUT2D eigenvalue weighted by Crippen LogP contribution is -2.42. The Balaban J connectivity index is 2.48. The van der Waals surface area contributed by atoms with Gasteiger partial charge in [-0.15, -0.1) is 11.8 Å². The quantitative estimate of drug-likeness (QED) is 0.701. The zero-order valence-electron chi connectivity index (χ0n) is 10.2. The first kappa shape index (κ1) is 12.5. The van der Waals surface area contributed by atoms with Crippen LogP contribution >= 0.6 is 0 Å². The first-order valence-electron chi connectivity index (χ1n) is 6.04. The van der Waals surface area contributed by atoms with E-state index >= 15 is 0 Å². The Kier molecular flexibility index (Phi) is 5.75. The predicted molar refractivity (Wildman–Crippen MR) is 63.7 cm³/mol. The molecule has 2 nitrogen and oxygen atoms in total. The van der Waals surface area contributed by atoms with E-state index in [0.29, 0.717) is 18.1 Å². The maximum Gasteiger partial charge on any atom is 0.0763 e. The number of ether oxygens (including phenoxy) is 1. The van der Waals surface area contributed by atoms with Crippen LogP contribution in [0.5, 0.6) is 0 Å².